The number of ether oxygens (including phenoxy) is 1. The fraction of sp³-hybridized carbons (Fsp3) is 0.520. The van der Waals surface area contributed by atoms with E-state index < -0.39 is 0 Å². The highest BCUT2D eigenvalue weighted by Gasteiger charge is 2.24. The Morgan fingerprint density at radius 2 is 1.76 bits per heavy atom. The van der Waals surface area contributed by atoms with Gasteiger partial charge in [0.1, 0.15) is 11.6 Å². The Labute approximate surface area is 195 Å². The van der Waals surface area contributed by atoms with Crippen LogP contribution in [0.3, 0.4) is 0 Å². The van der Waals surface area contributed by atoms with Crippen LogP contribution in [0.5, 0.6) is 0 Å². The molecule has 0 unspecified atom stereocenters. The van der Waals surface area contributed by atoms with Crippen LogP contribution in [0.15, 0.2) is 47.1 Å². The lowest BCUT2D eigenvalue weighted by molar-refractivity contribution is -0.142. The topological polar surface area (TPSA) is 66.2 Å². The van der Waals surface area contributed by atoms with Crippen molar-refractivity contribution in [1.29, 1.82) is 0 Å². The van der Waals surface area contributed by atoms with Gasteiger partial charge >= 0.3 is 0 Å². The number of hydrogen-bond donors (Lipinski definition) is 0. The number of nitrogens with zero attached hydrogens (tertiary/aromatic N) is 3. The number of morpholine rings is 1. The molecule has 2 amide bonds. The quantitative estimate of drug-likeness (QED) is 0.517. The summed E-state index contributed by atoms with van der Waals surface area (Å²) in [6.07, 6.45) is 1.96. The van der Waals surface area contributed by atoms with Gasteiger partial charge in [0.2, 0.25) is 11.8 Å². The first kappa shape index (κ1) is 24.9. The minimum atomic E-state index is -0.323. The summed E-state index contributed by atoms with van der Waals surface area (Å²) in [5, 5.41) is 0. The molecule has 0 radical (unpaired) electrons. The van der Waals surface area contributed by atoms with Crippen LogP contribution in [0.2, 0.25) is 0 Å². The number of carbonyl (C=O) groups excluding carboxylic acids is 2. The minimum Gasteiger partial charge on any atom is -0.467 e. The fourth-order valence-electron chi connectivity index (χ4n) is 3.75. The number of carbonyl (C=O) groups is 2. The van der Waals surface area contributed by atoms with E-state index in [9.17, 15) is 14.0 Å². The fourth-order valence-corrected chi connectivity index (χ4v) is 3.75. The van der Waals surface area contributed by atoms with Crippen LogP contribution in [0.1, 0.15) is 31.6 Å². The molecule has 1 aliphatic rings. The SMILES string of the molecule is CC(C)CC(=O)N(CCN1CCOCC1)CC(=O)N(Cc1ccc(F)cc1)Cc1ccco1. The monoisotopic (exact) mass is 459 g/mol. The van der Waals surface area contributed by atoms with Gasteiger partial charge < -0.3 is 19.0 Å². The summed E-state index contributed by atoms with van der Waals surface area (Å²) in [7, 11) is 0. The number of furan rings is 1. The molecule has 180 valence electrons. The summed E-state index contributed by atoms with van der Waals surface area (Å²) >= 11 is 0. The molecule has 0 bridgehead atoms. The normalized spacial score (nSPS) is 14.4. The van der Waals surface area contributed by atoms with Crippen molar-refractivity contribution in [2.45, 2.75) is 33.4 Å². The molecule has 1 aliphatic heterocycles. The molecule has 0 aliphatic carbocycles. The van der Waals surface area contributed by atoms with Crippen molar-refractivity contribution in [3.8, 4) is 0 Å². The maximum Gasteiger partial charge on any atom is 0.242 e. The summed E-state index contributed by atoms with van der Waals surface area (Å²) in [5.41, 5.74) is 0.810. The third-order valence-corrected chi connectivity index (χ3v) is 5.62. The Balaban J connectivity index is 1.70. The maximum absolute atomic E-state index is 13.4. The molecule has 3 rings (SSSR count). The van der Waals surface area contributed by atoms with E-state index >= 15 is 0 Å². The first-order chi connectivity index (χ1) is 15.9. The van der Waals surface area contributed by atoms with Gasteiger partial charge in [-0.2, -0.15) is 0 Å². The van der Waals surface area contributed by atoms with Crippen LogP contribution in [-0.2, 0) is 27.4 Å². The van der Waals surface area contributed by atoms with Gasteiger partial charge in [-0.15, -0.1) is 0 Å². The van der Waals surface area contributed by atoms with E-state index in [2.05, 4.69) is 4.90 Å². The van der Waals surface area contributed by atoms with E-state index in [1.165, 1.54) is 12.1 Å². The van der Waals surface area contributed by atoms with E-state index in [1.807, 2.05) is 19.9 Å². The molecule has 7 nitrogen and oxygen atoms in total. The highest BCUT2D eigenvalue weighted by molar-refractivity contribution is 5.85. The number of benzene rings is 1. The Morgan fingerprint density at radius 1 is 1.03 bits per heavy atom. The second-order valence-corrected chi connectivity index (χ2v) is 8.82. The molecule has 1 aromatic carbocycles. The number of hydrogen-bond acceptors (Lipinski definition) is 5. The van der Waals surface area contributed by atoms with Crippen molar-refractivity contribution in [2.24, 2.45) is 5.92 Å². The average molecular weight is 460 g/mol. The van der Waals surface area contributed by atoms with Gasteiger partial charge in [-0.05, 0) is 35.7 Å². The highest BCUT2D eigenvalue weighted by Crippen LogP contribution is 2.14. The van der Waals surface area contributed by atoms with Crippen molar-refractivity contribution in [3.63, 3.8) is 0 Å². The van der Waals surface area contributed by atoms with Crippen molar-refractivity contribution in [3.05, 3.63) is 59.8 Å². The Morgan fingerprint density at radius 3 is 2.39 bits per heavy atom. The minimum absolute atomic E-state index is 0.00219. The van der Waals surface area contributed by atoms with Gasteiger partial charge in [0, 0.05) is 39.1 Å². The van der Waals surface area contributed by atoms with E-state index in [4.69, 9.17) is 9.15 Å². The lowest BCUT2D eigenvalue weighted by atomic mass is 10.1. The zero-order chi connectivity index (χ0) is 23.6. The maximum atomic E-state index is 13.4. The lowest BCUT2D eigenvalue weighted by Crippen LogP contribution is -2.47. The Kier molecular flexibility index (Phi) is 9.45. The zero-order valence-corrected chi connectivity index (χ0v) is 19.5. The Bertz CT molecular complexity index is 864. The molecule has 2 heterocycles. The third kappa shape index (κ3) is 8.29. The predicted molar refractivity (Wildman–Crippen MR) is 123 cm³/mol. The van der Waals surface area contributed by atoms with Gasteiger partial charge in [-0.25, -0.2) is 4.39 Å². The number of rotatable bonds is 11. The molecule has 0 N–H and O–H groups in total. The predicted octanol–water partition coefficient (Wildman–Crippen LogP) is 3.15. The van der Waals surface area contributed by atoms with Gasteiger partial charge in [0.05, 0.1) is 32.6 Å². The van der Waals surface area contributed by atoms with E-state index in [0.717, 1.165) is 18.7 Å². The molecule has 1 fully saturated rings. The average Bonchev–Trinajstić information content (AvgIpc) is 3.31. The van der Waals surface area contributed by atoms with Crippen LogP contribution in [0.25, 0.3) is 0 Å². The molecule has 0 atom stereocenters. The standard InChI is InChI=1S/C25H34FN3O4/c1-20(2)16-24(30)28(10-9-27-11-14-32-15-12-27)19-25(31)29(18-23-4-3-13-33-23)17-21-5-7-22(26)8-6-21/h3-8,13,20H,9-12,14-19H2,1-2H3. The second kappa shape index (κ2) is 12.5. The molecule has 33 heavy (non-hydrogen) atoms. The molecular weight excluding hydrogens is 425 g/mol. The van der Waals surface area contributed by atoms with Gasteiger partial charge in [0.15, 0.2) is 0 Å². The number of halogens is 1. The van der Waals surface area contributed by atoms with Crippen LogP contribution in [0.4, 0.5) is 4.39 Å². The molecule has 0 spiro atoms. The summed E-state index contributed by atoms with van der Waals surface area (Å²) < 4.78 is 24.2. The van der Waals surface area contributed by atoms with Gasteiger partial charge in [-0.1, -0.05) is 26.0 Å². The largest absolute Gasteiger partial charge is 0.467 e. The first-order valence-corrected chi connectivity index (χ1v) is 11.5. The van der Waals surface area contributed by atoms with Crippen LogP contribution in [-0.4, -0.2) is 72.5 Å². The smallest absolute Gasteiger partial charge is 0.242 e. The molecule has 0 saturated carbocycles. The van der Waals surface area contributed by atoms with Gasteiger partial charge in [-0.3, -0.25) is 14.5 Å². The van der Waals surface area contributed by atoms with Crippen LogP contribution in [0, 0.1) is 11.7 Å². The Hall–Kier alpha value is -2.71. The van der Waals surface area contributed by atoms with E-state index in [0.29, 0.717) is 45.0 Å². The lowest BCUT2D eigenvalue weighted by Gasteiger charge is -2.31. The molecule has 8 heteroatoms. The summed E-state index contributed by atoms with van der Waals surface area (Å²) in [4.78, 5) is 31.9. The summed E-state index contributed by atoms with van der Waals surface area (Å²) in [6.45, 7) is 8.80. The van der Waals surface area contributed by atoms with E-state index in [-0.39, 0.29) is 36.6 Å². The molecule has 1 aromatic heterocycles. The molecule has 1 saturated heterocycles. The first-order valence-electron chi connectivity index (χ1n) is 11.5. The van der Waals surface area contributed by atoms with Crippen LogP contribution < -0.4 is 0 Å². The van der Waals surface area contributed by atoms with Crippen molar-refractivity contribution >= 4 is 11.8 Å². The number of amides is 2. The van der Waals surface area contributed by atoms with Crippen LogP contribution >= 0.6 is 0 Å². The molecular formula is C25H34FN3O4. The zero-order valence-electron chi connectivity index (χ0n) is 19.5. The second-order valence-electron chi connectivity index (χ2n) is 8.82. The van der Waals surface area contributed by atoms with E-state index in [1.54, 1.807) is 34.3 Å². The summed E-state index contributed by atoms with van der Waals surface area (Å²) in [6, 6.07) is 9.68. The van der Waals surface area contributed by atoms with Crippen molar-refractivity contribution in [1.82, 2.24) is 14.7 Å². The third-order valence-electron chi connectivity index (χ3n) is 5.62. The highest BCUT2D eigenvalue weighted by atomic mass is 19.1. The van der Waals surface area contributed by atoms with Gasteiger partial charge in [0.25, 0.3) is 0 Å². The molecule has 2 aromatic rings. The van der Waals surface area contributed by atoms with Crippen molar-refractivity contribution < 1.29 is 23.1 Å². The van der Waals surface area contributed by atoms with Crippen molar-refractivity contribution in [2.75, 3.05) is 45.9 Å². The summed E-state index contributed by atoms with van der Waals surface area (Å²) in [5.74, 6) is 0.341.